The average molecular weight is 291 g/mol. The van der Waals surface area contributed by atoms with Gasteiger partial charge in [0.05, 0.1) is 0 Å². The summed E-state index contributed by atoms with van der Waals surface area (Å²) in [7, 11) is 0. The van der Waals surface area contributed by atoms with Crippen LogP contribution in [0, 0.1) is 0 Å². The van der Waals surface area contributed by atoms with Gasteiger partial charge in [0, 0.05) is 22.6 Å². The Morgan fingerprint density at radius 1 is 1.12 bits per heavy atom. The molecule has 0 bridgehead atoms. The van der Waals surface area contributed by atoms with Crippen LogP contribution < -0.4 is 0 Å². The van der Waals surface area contributed by atoms with Gasteiger partial charge in [-0.1, -0.05) is 53.2 Å². The lowest BCUT2D eigenvalue weighted by atomic mass is 10.1. The minimum absolute atomic E-state index is 0.309. The van der Waals surface area contributed by atoms with Gasteiger partial charge in [-0.2, -0.15) is 0 Å². The second kappa shape index (κ2) is 5.92. The van der Waals surface area contributed by atoms with Crippen molar-refractivity contribution in [1.29, 1.82) is 0 Å². The van der Waals surface area contributed by atoms with Gasteiger partial charge in [-0.3, -0.25) is 0 Å². The van der Waals surface area contributed by atoms with Crippen molar-refractivity contribution in [3.8, 4) is 0 Å². The van der Waals surface area contributed by atoms with Crippen molar-refractivity contribution < 1.29 is 0 Å². The van der Waals surface area contributed by atoms with E-state index in [2.05, 4.69) is 63.2 Å². The molecule has 17 heavy (non-hydrogen) atoms. The molecular formula is C14H15BrN2. The predicted molar refractivity (Wildman–Crippen MR) is 73.2 cm³/mol. The number of aryl methyl sites for hydroxylation is 1. The van der Waals surface area contributed by atoms with Crippen LogP contribution in [0.1, 0.15) is 28.7 Å². The second-order valence-corrected chi connectivity index (χ2v) is 5.04. The molecule has 1 aromatic carbocycles. The molecule has 2 aromatic rings. The van der Waals surface area contributed by atoms with E-state index < -0.39 is 0 Å². The standard InChI is InChI=1S/C14H15BrN2/c1-2-12-8-13(17-10-16-12)9-14(15)11-6-4-3-5-7-11/h3-8,10,14H,2,9H2,1H3. The van der Waals surface area contributed by atoms with Gasteiger partial charge < -0.3 is 0 Å². The Labute approximate surface area is 110 Å². The lowest BCUT2D eigenvalue weighted by Crippen LogP contribution is -2.00. The maximum Gasteiger partial charge on any atom is 0.115 e. The fraction of sp³-hybridized carbons (Fsp3) is 0.286. The monoisotopic (exact) mass is 290 g/mol. The molecule has 0 N–H and O–H groups in total. The number of alkyl halides is 1. The van der Waals surface area contributed by atoms with Gasteiger partial charge >= 0.3 is 0 Å². The largest absolute Gasteiger partial charge is 0.241 e. The maximum atomic E-state index is 4.31. The lowest BCUT2D eigenvalue weighted by molar-refractivity contribution is 0.872. The summed E-state index contributed by atoms with van der Waals surface area (Å²) >= 11 is 3.71. The maximum absolute atomic E-state index is 4.31. The summed E-state index contributed by atoms with van der Waals surface area (Å²) in [5.41, 5.74) is 3.47. The second-order valence-electron chi connectivity index (χ2n) is 3.94. The number of aromatic nitrogens is 2. The number of halogens is 1. The van der Waals surface area contributed by atoms with Gasteiger partial charge in [-0.05, 0) is 18.1 Å². The quantitative estimate of drug-likeness (QED) is 0.802. The summed E-state index contributed by atoms with van der Waals surface area (Å²) in [6.07, 6.45) is 3.49. The van der Waals surface area contributed by atoms with Crippen LogP contribution in [0.4, 0.5) is 0 Å². The Kier molecular flexibility index (Phi) is 4.26. The number of rotatable bonds is 4. The third kappa shape index (κ3) is 3.37. The summed E-state index contributed by atoms with van der Waals surface area (Å²) < 4.78 is 0. The third-order valence-electron chi connectivity index (χ3n) is 2.69. The Hall–Kier alpha value is -1.22. The van der Waals surface area contributed by atoms with Crippen LogP contribution in [0.5, 0.6) is 0 Å². The first-order valence-corrected chi connectivity index (χ1v) is 6.70. The molecule has 0 spiro atoms. The fourth-order valence-corrected chi connectivity index (χ4v) is 2.35. The van der Waals surface area contributed by atoms with Gasteiger partial charge in [0.1, 0.15) is 6.33 Å². The first-order chi connectivity index (χ1) is 8.29. The molecule has 0 aliphatic rings. The smallest absolute Gasteiger partial charge is 0.115 e. The van der Waals surface area contributed by atoms with Crippen molar-refractivity contribution in [1.82, 2.24) is 9.97 Å². The Morgan fingerprint density at radius 3 is 2.53 bits per heavy atom. The molecule has 0 aliphatic heterocycles. The molecule has 0 saturated heterocycles. The van der Waals surface area contributed by atoms with Crippen LogP contribution >= 0.6 is 15.9 Å². The first kappa shape index (κ1) is 12.2. The van der Waals surface area contributed by atoms with Gasteiger partial charge in [-0.25, -0.2) is 9.97 Å². The molecule has 0 aliphatic carbocycles. The highest BCUT2D eigenvalue weighted by Crippen LogP contribution is 2.25. The number of hydrogen-bond donors (Lipinski definition) is 0. The van der Waals surface area contributed by atoms with E-state index >= 15 is 0 Å². The third-order valence-corrected chi connectivity index (χ3v) is 3.54. The van der Waals surface area contributed by atoms with Crippen molar-refractivity contribution >= 4 is 15.9 Å². The Balaban J connectivity index is 2.10. The van der Waals surface area contributed by atoms with Gasteiger partial charge in [0.15, 0.2) is 0 Å². The average Bonchev–Trinajstić information content (AvgIpc) is 2.40. The molecule has 2 nitrogen and oxygen atoms in total. The molecule has 88 valence electrons. The van der Waals surface area contributed by atoms with E-state index in [9.17, 15) is 0 Å². The van der Waals surface area contributed by atoms with Crippen molar-refractivity contribution in [2.24, 2.45) is 0 Å². The summed E-state index contributed by atoms with van der Waals surface area (Å²) in [5.74, 6) is 0. The van der Waals surface area contributed by atoms with E-state index in [4.69, 9.17) is 0 Å². The highest BCUT2D eigenvalue weighted by atomic mass is 79.9. The molecule has 3 heteroatoms. The summed E-state index contributed by atoms with van der Waals surface area (Å²) in [6.45, 7) is 2.11. The van der Waals surface area contributed by atoms with Crippen LogP contribution in [-0.2, 0) is 12.8 Å². The molecule has 0 amide bonds. The Morgan fingerprint density at radius 2 is 1.82 bits per heavy atom. The van der Waals surface area contributed by atoms with E-state index in [-0.39, 0.29) is 0 Å². The predicted octanol–water partition coefficient (Wildman–Crippen LogP) is 3.72. The number of hydrogen-bond acceptors (Lipinski definition) is 2. The molecule has 0 saturated carbocycles. The van der Waals surface area contributed by atoms with E-state index in [1.165, 1.54) is 5.56 Å². The molecule has 0 fully saturated rings. The van der Waals surface area contributed by atoms with Crippen molar-refractivity contribution in [3.63, 3.8) is 0 Å². The molecule has 1 atom stereocenters. The zero-order valence-corrected chi connectivity index (χ0v) is 11.4. The number of nitrogens with zero attached hydrogens (tertiary/aromatic N) is 2. The van der Waals surface area contributed by atoms with Gasteiger partial charge in [-0.15, -0.1) is 0 Å². The van der Waals surface area contributed by atoms with E-state index in [1.807, 2.05) is 6.07 Å². The highest BCUT2D eigenvalue weighted by molar-refractivity contribution is 9.09. The molecular weight excluding hydrogens is 276 g/mol. The van der Waals surface area contributed by atoms with Crippen LogP contribution in [0.3, 0.4) is 0 Å². The molecule has 2 rings (SSSR count). The normalized spacial score (nSPS) is 12.4. The summed E-state index contributed by atoms with van der Waals surface area (Å²) in [4.78, 5) is 8.83. The minimum atomic E-state index is 0.309. The lowest BCUT2D eigenvalue weighted by Gasteiger charge is -2.09. The molecule has 0 radical (unpaired) electrons. The van der Waals surface area contributed by atoms with Crippen LogP contribution in [0.25, 0.3) is 0 Å². The zero-order valence-electron chi connectivity index (χ0n) is 9.81. The van der Waals surface area contributed by atoms with Crippen LogP contribution in [0.2, 0.25) is 0 Å². The topological polar surface area (TPSA) is 25.8 Å². The van der Waals surface area contributed by atoms with E-state index in [0.717, 1.165) is 24.2 Å². The van der Waals surface area contributed by atoms with E-state index in [0.29, 0.717) is 4.83 Å². The fourth-order valence-electron chi connectivity index (χ4n) is 1.71. The highest BCUT2D eigenvalue weighted by Gasteiger charge is 2.09. The molecule has 1 aromatic heterocycles. The van der Waals surface area contributed by atoms with Crippen molar-refractivity contribution in [2.45, 2.75) is 24.6 Å². The van der Waals surface area contributed by atoms with Crippen LogP contribution in [0.15, 0.2) is 42.7 Å². The SMILES string of the molecule is CCc1cc(CC(Br)c2ccccc2)ncn1. The van der Waals surface area contributed by atoms with Gasteiger partial charge in [0.2, 0.25) is 0 Å². The molecule has 1 heterocycles. The summed E-state index contributed by atoms with van der Waals surface area (Å²) in [6, 6.07) is 12.5. The van der Waals surface area contributed by atoms with Crippen molar-refractivity contribution in [3.05, 3.63) is 59.7 Å². The Bertz CT molecular complexity index is 471. The number of benzene rings is 1. The van der Waals surface area contributed by atoms with E-state index in [1.54, 1.807) is 6.33 Å². The minimum Gasteiger partial charge on any atom is -0.241 e. The zero-order chi connectivity index (χ0) is 12.1. The molecule has 1 unspecified atom stereocenters. The van der Waals surface area contributed by atoms with Crippen LogP contribution in [-0.4, -0.2) is 9.97 Å². The van der Waals surface area contributed by atoms with Crippen molar-refractivity contribution in [2.75, 3.05) is 0 Å². The summed E-state index contributed by atoms with van der Waals surface area (Å²) in [5, 5.41) is 0. The van der Waals surface area contributed by atoms with Gasteiger partial charge in [0.25, 0.3) is 0 Å². The first-order valence-electron chi connectivity index (χ1n) is 5.78.